The van der Waals surface area contributed by atoms with Gasteiger partial charge < -0.3 is 4.90 Å². The summed E-state index contributed by atoms with van der Waals surface area (Å²) in [5.41, 5.74) is 0.508. The predicted molar refractivity (Wildman–Crippen MR) is 54.2 cm³/mol. The molecule has 0 amide bonds. The number of hydrogen-bond acceptors (Lipinski definition) is 1. The highest BCUT2D eigenvalue weighted by Crippen LogP contribution is 2.48. The van der Waals surface area contributed by atoms with Crippen LogP contribution in [-0.4, -0.2) is 24.0 Å². The highest BCUT2D eigenvalue weighted by atomic mass is 15.2. The molecule has 0 radical (unpaired) electrons. The van der Waals surface area contributed by atoms with Crippen molar-refractivity contribution >= 4 is 0 Å². The van der Waals surface area contributed by atoms with Crippen LogP contribution in [0.15, 0.2) is 0 Å². The standard InChI is InChI=1S/C11H23N/c1-8(2)12(6)10-7-9(10)11(3,4)5/h8-10H,7H2,1-6H3/t9-,10-/m0/s1. The molecule has 0 aromatic heterocycles. The first-order valence-electron chi connectivity index (χ1n) is 5.06. The monoisotopic (exact) mass is 169 g/mol. The Hall–Kier alpha value is -0.0400. The van der Waals surface area contributed by atoms with Gasteiger partial charge in [-0.2, -0.15) is 0 Å². The molecule has 1 rings (SSSR count). The van der Waals surface area contributed by atoms with E-state index >= 15 is 0 Å². The summed E-state index contributed by atoms with van der Waals surface area (Å²) < 4.78 is 0. The molecule has 72 valence electrons. The van der Waals surface area contributed by atoms with Gasteiger partial charge in [0.2, 0.25) is 0 Å². The second-order valence-electron chi connectivity index (χ2n) is 5.53. The minimum absolute atomic E-state index is 0.508. The van der Waals surface area contributed by atoms with Crippen LogP contribution in [0.4, 0.5) is 0 Å². The zero-order valence-electron chi connectivity index (χ0n) is 9.39. The smallest absolute Gasteiger partial charge is 0.0132 e. The summed E-state index contributed by atoms with van der Waals surface area (Å²) in [6.07, 6.45) is 1.40. The fourth-order valence-corrected chi connectivity index (χ4v) is 1.95. The van der Waals surface area contributed by atoms with E-state index in [1.54, 1.807) is 0 Å². The summed E-state index contributed by atoms with van der Waals surface area (Å²) in [7, 11) is 2.25. The lowest BCUT2D eigenvalue weighted by Gasteiger charge is -2.25. The normalized spacial score (nSPS) is 30.0. The molecule has 1 aliphatic rings. The number of nitrogens with zero attached hydrogens (tertiary/aromatic N) is 1. The van der Waals surface area contributed by atoms with Crippen LogP contribution in [0.2, 0.25) is 0 Å². The topological polar surface area (TPSA) is 3.24 Å². The number of hydrogen-bond donors (Lipinski definition) is 0. The van der Waals surface area contributed by atoms with E-state index in [-0.39, 0.29) is 0 Å². The van der Waals surface area contributed by atoms with Gasteiger partial charge in [0, 0.05) is 12.1 Å². The molecule has 0 aromatic rings. The lowest BCUT2D eigenvalue weighted by Crippen LogP contribution is -2.31. The van der Waals surface area contributed by atoms with Crippen LogP contribution in [-0.2, 0) is 0 Å². The van der Waals surface area contributed by atoms with Crippen LogP contribution in [0.25, 0.3) is 0 Å². The van der Waals surface area contributed by atoms with E-state index in [0.29, 0.717) is 11.5 Å². The SMILES string of the molecule is CC(C)N(C)[C@H]1C[C@@H]1C(C)(C)C. The van der Waals surface area contributed by atoms with E-state index in [0.717, 1.165) is 12.0 Å². The Labute approximate surface area is 77.1 Å². The molecular formula is C11H23N. The second-order valence-corrected chi connectivity index (χ2v) is 5.53. The first-order valence-corrected chi connectivity index (χ1v) is 5.06. The Bertz CT molecular complexity index is 155. The zero-order chi connectivity index (χ0) is 9.52. The molecule has 0 aromatic carbocycles. The summed E-state index contributed by atoms with van der Waals surface area (Å²) in [5.74, 6) is 0.921. The van der Waals surface area contributed by atoms with Gasteiger partial charge in [-0.05, 0) is 38.6 Å². The van der Waals surface area contributed by atoms with Crippen LogP contribution in [0.1, 0.15) is 41.0 Å². The van der Waals surface area contributed by atoms with Crippen molar-refractivity contribution in [3.05, 3.63) is 0 Å². The van der Waals surface area contributed by atoms with Crippen molar-refractivity contribution in [2.75, 3.05) is 7.05 Å². The Morgan fingerprint density at radius 3 is 2.00 bits per heavy atom. The van der Waals surface area contributed by atoms with E-state index in [9.17, 15) is 0 Å². The van der Waals surface area contributed by atoms with Crippen LogP contribution in [0.3, 0.4) is 0 Å². The molecule has 12 heavy (non-hydrogen) atoms. The average Bonchev–Trinajstić information content (AvgIpc) is 2.61. The molecule has 0 bridgehead atoms. The summed E-state index contributed by atoms with van der Waals surface area (Å²) in [6, 6.07) is 1.55. The maximum absolute atomic E-state index is 2.51. The van der Waals surface area contributed by atoms with Crippen molar-refractivity contribution in [3.63, 3.8) is 0 Å². The van der Waals surface area contributed by atoms with Gasteiger partial charge in [-0.1, -0.05) is 20.8 Å². The van der Waals surface area contributed by atoms with E-state index in [2.05, 4.69) is 46.6 Å². The van der Waals surface area contributed by atoms with Gasteiger partial charge in [-0.15, -0.1) is 0 Å². The number of rotatable bonds is 2. The largest absolute Gasteiger partial charge is 0.301 e. The van der Waals surface area contributed by atoms with Gasteiger partial charge in [0.25, 0.3) is 0 Å². The Balaban J connectivity index is 2.42. The fraction of sp³-hybridized carbons (Fsp3) is 1.00. The minimum Gasteiger partial charge on any atom is -0.301 e. The van der Waals surface area contributed by atoms with E-state index in [1.807, 2.05) is 0 Å². The molecule has 0 N–H and O–H groups in total. The van der Waals surface area contributed by atoms with Gasteiger partial charge in [-0.3, -0.25) is 0 Å². The van der Waals surface area contributed by atoms with Crippen molar-refractivity contribution < 1.29 is 0 Å². The van der Waals surface area contributed by atoms with Gasteiger partial charge >= 0.3 is 0 Å². The first kappa shape index (κ1) is 10.0. The molecule has 0 aliphatic heterocycles. The molecule has 1 heteroatoms. The lowest BCUT2D eigenvalue weighted by molar-refractivity contribution is 0.216. The quantitative estimate of drug-likeness (QED) is 0.614. The molecule has 1 aliphatic carbocycles. The molecule has 0 saturated heterocycles. The van der Waals surface area contributed by atoms with E-state index in [1.165, 1.54) is 6.42 Å². The van der Waals surface area contributed by atoms with Crippen molar-refractivity contribution in [2.24, 2.45) is 11.3 Å². The minimum atomic E-state index is 0.508. The first-order chi connectivity index (χ1) is 5.34. The van der Waals surface area contributed by atoms with Gasteiger partial charge in [0.1, 0.15) is 0 Å². The third-order valence-electron chi connectivity index (χ3n) is 3.21. The zero-order valence-corrected chi connectivity index (χ0v) is 9.39. The third kappa shape index (κ3) is 2.01. The molecule has 1 saturated carbocycles. The van der Waals surface area contributed by atoms with Gasteiger partial charge in [0.05, 0.1) is 0 Å². The molecule has 2 atom stereocenters. The predicted octanol–water partition coefficient (Wildman–Crippen LogP) is 2.76. The maximum atomic E-state index is 2.51. The van der Waals surface area contributed by atoms with Crippen molar-refractivity contribution in [1.29, 1.82) is 0 Å². The second kappa shape index (κ2) is 3.02. The highest BCUT2D eigenvalue weighted by Gasteiger charge is 2.47. The van der Waals surface area contributed by atoms with Crippen LogP contribution < -0.4 is 0 Å². The molecular weight excluding hydrogens is 146 g/mol. The van der Waals surface area contributed by atoms with Crippen molar-refractivity contribution in [1.82, 2.24) is 4.90 Å². The Kier molecular flexibility index (Phi) is 2.53. The van der Waals surface area contributed by atoms with Crippen molar-refractivity contribution in [3.8, 4) is 0 Å². The summed E-state index contributed by atoms with van der Waals surface area (Å²) in [4.78, 5) is 2.51. The maximum Gasteiger partial charge on any atom is 0.0132 e. The molecule has 1 nitrogen and oxygen atoms in total. The summed E-state index contributed by atoms with van der Waals surface area (Å²) in [5, 5.41) is 0. The Morgan fingerprint density at radius 2 is 1.75 bits per heavy atom. The Morgan fingerprint density at radius 1 is 1.25 bits per heavy atom. The van der Waals surface area contributed by atoms with Crippen LogP contribution in [0, 0.1) is 11.3 Å². The molecule has 0 unspecified atom stereocenters. The van der Waals surface area contributed by atoms with Gasteiger partial charge in [0.15, 0.2) is 0 Å². The van der Waals surface area contributed by atoms with Crippen molar-refractivity contribution in [2.45, 2.75) is 53.1 Å². The van der Waals surface area contributed by atoms with Crippen LogP contribution >= 0.6 is 0 Å². The molecule has 1 fully saturated rings. The lowest BCUT2D eigenvalue weighted by atomic mass is 9.90. The van der Waals surface area contributed by atoms with Gasteiger partial charge in [-0.25, -0.2) is 0 Å². The summed E-state index contributed by atoms with van der Waals surface area (Å²) >= 11 is 0. The highest BCUT2D eigenvalue weighted by molar-refractivity contribution is 5.00. The molecule has 0 spiro atoms. The van der Waals surface area contributed by atoms with E-state index < -0.39 is 0 Å². The van der Waals surface area contributed by atoms with E-state index in [4.69, 9.17) is 0 Å². The average molecular weight is 169 g/mol. The summed E-state index contributed by atoms with van der Waals surface area (Å²) in [6.45, 7) is 11.6. The fourth-order valence-electron chi connectivity index (χ4n) is 1.95. The molecule has 0 heterocycles. The van der Waals surface area contributed by atoms with Crippen LogP contribution in [0.5, 0.6) is 0 Å². The third-order valence-corrected chi connectivity index (χ3v) is 3.21.